The maximum absolute atomic E-state index is 14.0. The van der Waals surface area contributed by atoms with Crippen LogP contribution in [0.1, 0.15) is 37.8 Å². The molecule has 1 aromatic heterocycles. The van der Waals surface area contributed by atoms with E-state index in [2.05, 4.69) is 31.0 Å². The lowest BCUT2D eigenvalue weighted by molar-refractivity contribution is 0.250. The highest BCUT2D eigenvalue weighted by Gasteiger charge is 2.25. The first-order valence-corrected chi connectivity index (χ1v) is 10.7. The van der Waals surface area contributed by atoms with Crippen molar-refractivity contribution in [1.82, 2.24) is 9.55 Å². The first kappa shape index (κ1) is 19.9. The maximum atomic E-state index is 14.0. The second-order valence-electron chi connectivity index (χ2n) is 7.48. The highest BCUT2D eigenvalue weighted by molar-refractivity contribution is 6.05. The summed E-state index contributed by atoms with van der Waals surface area (Å²) >= 11 is 0. The molecule has 0 fully saturated rings. The minimum absolute atomic E-state index is 0.115. The summed E-state index contributed by atoms with van der Waals surface area (Å²) in [4.78, 5) is 20.3. The molecule has 0 saturated carbocycles. The zero-order chi connectivity index (χ0) is 20.9. The van der Waals surface area contributed by atoms with Crippen molar-refractivity contribution in [3.05, 3.63) is 90.3 Å². The predicted octanol–water partition coefficient (Wildman–Crippen LogP) is 6.75. The number of amides is 1. The van der Waals surface area contributed by atoms with Gasteiger partial charge in [0.2, 0.25) is 0 Å². The van der Waals surface area contributed by atoms with E-state index in [1.54, 1.807) is 10.9 Å². The fourth-order valence-corrected chi connectivity index (χ4v) is 3.97. The molecule has 152 valence electrons. The van der Waals surface area contributed by atoms with E-state index in [-0.39, 0.29) is 6.03 Å². The number of anilines is 2. The van der Waals surface area contributed by atoms with E-state index in [9.17, 15) is 4.79 Å². The van der Waals surface area contributed by atoms with Crippen molar-refractivity contribution in [3.63, 3.8) is 0 Å². The van der Waals surface area contributed by atoms with Crippen molar-refractivity contribution in [1.29, 1.82) is 0 Å². The number of para-hydroxylation sites is 4. The third-order valence-electron chi connectivity index (χ3n) is 5.35. The van der Waals surface area contributed by atoms with Crippen LogP contribution in [0.15, 0.2) is 79.1 Å². The van der Waals surface area contributed by atoms with Crippen LogP contribution < -0.4 is 4.90 Å². The molecule has 3 aromatic carbocycles. The summed E-state index contributed by atoms with van der Waals surface area (Å²) in [6, 6.07) is 24.1. The number of aryl methyl sites for hydroxylation is 2. The lowest BCUT2D eigenvalue weighted by atomic mass is 10.0. The van der Waals surface area contributed by atoms with E-state index < -0.39 is 0 Å². The van der Waals surface area contributed by atoms with Gasteiger partial charge in [0, 0.05) is 0 Å². The molecule has 4 heteroatoms. The molecule has 0 unspecified atom stereocenters. The average molecular weight is 398 g/mol. The third-order valence-corrected chi connectivity index (χ3v) is 5.35. The van der Waals surface area contributed by atoms with E-state index >= 15 is 0 Å². The quantitative estimate of drug-likeness (QED) is 0.361. The van der Waals surface area contributed by atoms with Crippen LogP contribution in [0.2, 0.25) is 0 Å². The lowest BCUT2D eigenvalue weighted by Crippen LogP contribution is -2.31. The van der Waals surface area contributed by atoms with Crippen molar-refractivity contribution < 1.29 is 4.79 Å². The lowest BCUT2D eigenvalue weighted by Gasteiger charge is -2.27. The molecule has 0 N–H and O–H groups in total. The number of aromatic nitrogens is 2. The molecule has 0 aliphatic heterocycles. The average Bonchev–Trinajstić information content (AvgIpc) is 3.21. The molecule has 0 bridgehead atoms. The first-order valence-electron chi connectivity index (χ1n) is 10.7. The standard InChI is InChI=1S/C26H27N3O/c1-3-11-20-13-5-8-16-23(20)29(24-17-9-6-14-21(24)12-4-2)26(30)28-19-27-22-15-7-10-18-25(22)28/h5-10,13-19H,3-4,11-12H2,1-2H3. The summed E-state index contributed by atoms with van der Waals surface area (Å²) in [5, 5.41) is 0. The minimum atomic E-state index is -0.115. The normalized spacial score (nSPS) is 11.0. The summed E-state index contributed by atoms with van der Waals surface area (Å²) in [7, 11) is 0. The highest BCUT2D eigenvalue weighted by atomic mass is 16.2. The number of benzene rings is 3. The van der Waals surface area contributed by atoms with Crippen LogP contribution in [0.25, 0.3) is 11.0 Å². The number of rotatable bonds is 6. The molecule has 4 rings (SSSR count). The van der Waals surface area contributed by atoms with E-state index in [4.69, 9.17) is 0 Å². The molecule has 4 aromatic rings. The van der Waals surface area contributed by atoms with Gasteiger partial charge < -0.3 is 0 Å². The SMILES string of the molecule is CCCc1ccccc1N(C(=O)n1cnc2ccccc21)c1ccccc1CCC. The Morgan fingerprint density at radius 3 is 1.93 bits per heavy atom. The van der Waals surface area contributed by atoms with E-state index in [1.165, 1.54) is 11.1 Å². The number of imidazole rings is 1. The van der Waals surface area contributed by atoms with Crippen molar-refractivity contribution in [2.45, 2.75) is 39.5 Å². The van der Waals surface area contributed by atoms with E-state index in [0.717, 1.165) is 48.1 Å². The predicted molar refractivity (Wildman–Crippen MR) is 124 cm³/mol. The molecule has 0 saturated heterocycles. The van der Waals surface area contributed by atoms with E-state index in [0.29, 0.717) is 0 Å². The van der Waals surface area contributed by atoms with Gasteiger partial charge in [-0.05, 0) is 48.2 Å². The summed E-state index contributed by atoms with van der Waals surface area (Å²) in [5.41, 5.74) is 5.84. The Balaban J connectivity index is 1.92. The number of carbonyl (C=O) groups excluding carboxylic acids is 1. The fraction of sp³-hybridized carbons (Fsp3) is 0.231. The Morgan fingerprint density at radius 1 is 0.800 bits per heavy atom. The fourth-order valence-electron chi connectivity index (χ4n) is 3.97. The number of hydrogen-bond acceptors (Lipinski definition) is 2. The van der Waals surface area contributed by atoms with Crippen LogP contribution >= 0.6 is 0 Å². The first-order chi connectivity index (χ1) is 14.7. The van der Waals surface area contributed by atoms with E-state index in [1.807, 2.05) is 65.6 Å². The van der Waals surface area contributed by atoms with Gasteiger partial charge in [0.1, 0.15) is 6.33 Å². The third kappa shape index (κ3) is 3.73. The Hall–Kier alpha value is -3.40. The second-order valence-corrected chi connectivity index (χ2v) is 7.48. The molecular weight excluding hydrogens is 370 g/mol. The monoisotopic (exact) mass is 397 g/mol. The van der Waals surface area contributed by atoms with Crippen molar-refractivity contribution in [2.24, 2.45) is 0 Å². The molecular formula is C26H27N3O. The van der Waals surface area contributed by atoms with Gasteiger partial charge in [-0.1, -0.05) is 75.2 Å². The Kier molecular flexibility index (Phi) is 5.94. The molecule has 0 aliphatic carbocycles. The molecule has 0 spiro atoms. The number of carbonyl (C=O) groups is 1. The smallest absolute Gasteiger partial charge is 0.262 e. The topological polar surface area (TPSA) is 38.1 Å². The minimum Gasteiger partial charge on any atom is -0.262 e. The van der Waals surface area contributed by atoms with Gasteiger partial charge in [-0.15, -0.1) is 0 Å². The summed E-state index contributed by atoms with van der Waals surface area (Å²) in [6.45, 7) is 4.33. The number of fused-ring (bicyclic) bond motifs is 1. The summed E-state index contributed by atoms with van der Waals surface area (Å²) in [6.07, 6.45) is 5.50. The summed E-state index contributed by atoms with van der Waals surface area (Å²) < 4.78 is 1.65. The zero-order valence-corrected chi connectivity index (χ0v) is 17.6. The van der Waals surface area contributed by atoms with Gasteiger partial charge in [-0.2, -0.15) is 0 Å². The summed E-state index contributed by atoms with van der Waals surface area (Å²) in [5.74, 6) is 0. The molecule has 1 heterocycles. The van der Waals surface area contributed by atoms with Gasteiger partial charge in [-0.3, -0.25) is 4.90 Å². The van der Waals surface area contributed by atoms with Crippen molar-refractivity contribution in [3.8, 4) is 0 Å². The van der Waals surface area contributed by atoms with Crippen LogP contribution in [-0.2, 0) is 12.8 Å². The number of nitrogens with zero attached hydrogens (tertiary/aromatic N) is 3. The Morgan fingerprint density at radius 2 is 1.33 bits per heavy atom. The van der Waals surface area contributed by atoms with Gasteiger partial charge in [0.25, 0.3) is 0 Å². The van der Waals surface area contributed by atoms with Crippen LogP contribution in [-0.4, -0.2) is 15.6 Å². The molecule has 4 nitrogen and oxygen atoms in total. The maximum Gasteiger partial charge on any atom is 0.339 e. The van der Waals surface area contributed by atoms with Gasteiger partial charge in [0.05, 0.1) is 22.4 Å². The largest absolute Gasteiger partial charge is 0.339 e. The molecule has 1 amide bonds. The second kappa shape index (κ2) is 8.95. The number of hydrogen-bond donors (Lipinski definition) is 0. The Labute approximate surface area is 177 Å². The van der Waals surface area contributed by atoms with Crippen LogP contribution in [0.3, 0.4) is 0 Å². The van der Waals surface area contributed by atoms with Crippen LogP contribution in [0, 0.1) is 0 Å². The van der Waals surface area contributed by atoms with Crippen LogP contribution in [0.4, 0.5) is 16.2 Å². The zero-order valence-electron chi connectivity index (χ0n) is 17.6. The molecule has 30 heavy (non-hydrogen) atoms. The van der Waals surface area contributed by atoms with Crippen LogP contribution in [0.5, 0.6) is 0 Å². The van der Waals surface area contributed by atoms with Gasteiger partial charge >= 0.3 is 6.03 Å². The highest BCUT2D eigenvalue weighted by Crippen LogP contribution is 2.34. The molecule has 0 aliphatic rings. The van der Waals surface area contributed by atoms with Gasteiger partial charge in [-0.25, -0.2) is 14.3 Å². The van der Waals surface area contributed by atoms with Crippen molar-refractivity contribution >= 4 is 28.4 Å². The van der Waals surface area contributed by atoms with Gasteiger partial charge in [0.15, 0.2) is 0 Å². The molecule has 0 atom stereocenters. The molecule has 0 radical (unpaired) electrons. The van der Waals surface area contributed by atoms with Crippen molar-refractivity contribution in [2.75, 3.05) is 4.90 Å². The Bertz CT molecular complexity index is 1110.